The normalized spacial score (nSPS) is 16.7. The van der Waals surface area contributed by atoms with Crippen molar-refractivity contribution in [2.24, 2.45) is 0 Å². The molecule has 0 atom stereocenters. The van der Waals surface area contributed by atoms with Crippen molar-refractivity contribution < 1.29 is 9.59 Å². The van der Waals surface area contributed by atoms with Gasteiger partial charge >= 0.3 is 0 Å². The van der Waals surface area contributed by atoms with Crippen LogP contribution in [0.3, 0.4) is 0 Å². The maximum absolute atomic E-state index is 12.2. The Hall–Kier alpha value is -1.20. The van der Waals surface area contributed by atoms with Gasteiger partial charge < -0.3 is 9.80 Å². The van der Waals surface area contributed by atoms with Crippen LogP contribution < -0.4 is 0 Å². The van der Waals surface area contributed by atoms with E-state index < -0.39 is 0 Å². The summed E-state index contributed by atoms with van der Waals surface area (Å²) in [6.45, 7) is 6.95. The predicted molar refractivity (Wildman–Crippen MR) is 85.8 cm³/mol. The van der Waals surface area contributed by atoms with Gasteiger partial charge in [0.25, 0.3) is 0 Å². The molecule has 1 fully saturated rings. The summed E-state index contributed by atoms with van der Waals surface area (Å²) in [5.74, 6) is 0.207. The molecule has 1 aromatic heterocycles. The van der Waals surface area contributed by atoms with E-state index in [0.29, 0.717) is 12.8 Å². The Labute approximate surface area is 130 Å². The molecule has 1 aliphatic heterocycles. The van der Waals surface area contributed by atoms with E-state index in [2.05, 4.69) is 11.8 Å². The fourth-order valence-electron chi connectivity index (χ4n) is 2.70. The van der Waals surface area contributed by atoms with E-state index in [1.165, 1.54) is 11.3 Å². The quantitative estimate of drug-likeness (QED) is 0.759. The van der Waals surface area contributed by atoms with Crippen molar-refractivity contribution in [1.82, 2.24) is 9.80 Å². The highest BCUT2D eigenvalue weighted by molar-refractivity contribution is 7.12. The second-order valence-electron chi connectivity index (χ2n) is 5.48. The Morgan fingerprint density at radius 2 is 2.05 bits per heavy atom. The van der Waals surface area contributed by atoms with E-state index >= 15 is 0 Å². The molecule has 0 N–H and O–H groups in total. The van der Waals surface area contributed by atoms with E-state index in [1.54, 1.807) is 0 Å². The molecule has 4 nitrogen and oxygen atoms in total. The molecule has 1 aliphatic rings. The minimum atomic E-state index is 0.0841. The second kappa shape index (κ2) is 8.29. The molecule has 1 saturated heterocycles. The Morgan fingerprint density at radius 3 is 2.76 bits per heavy atom. The minimum absolute atomic E-state index is 0.0841. The monoisotopic (exact) mass is 308 g/mol. The highest BCUT2D eigenvalue weighted by atomic mass is 32.1. The van der Waals surface area contributed by atoms with Crippen LogP contribution in [0, 0.1) is 0 Å². The Kier molecular flexibility index (Phi) is 6.39. The van der Waals surface area contributed by atoms with Gasteiger partial charge in [0.2, 0.25) is 5.91 Å². The SMILES string of the molecule is CCCN1CCCN(C(=O)CCC(=O)c2cccs2)CC1. The average Bonchev–Trinajstić information content (AvgIpc) is 2.92. The molecule has 0 saturated carbocycles. The van der Waals surface area contributed by atoms with E-state index in [0.717, 1.165) is 50.4 Å². The van der Waals surface area contributed by atoms with Crippen molar-refractivity contribution in [3.05, 3.63) is 22.4 Å². The number of hydrogen-bond donors (Lipinski definition) is 0. The van der Waals surface area contributed by atoms with Gasteiger partial charge in [-0.25, -0.2) is 0 Å². The van der Waals surface area contributed by atoms with Crippen molar-refractivity contribution >= 4 is 23.0 Å². The molecule has 0 spiro atoms. The molecule has 0 unspecified atom stereocenters. The first-order valence-electron chi connectivity index (χ1n) is 7.77. The summed E-state index contributed by atoms with van der Waals surface area (Å²) in [6.07, 6.45) is 2.85. The second-order valence-corrected chi connectivity index (χ2v) is 6.42. The molecule has 2 heterocycles. The van der Waals surface area contributed by atoms with Crippen molar-refractivity contribution in [1.29, 1.82) is 0 Å². The van der Waals surface area contributed by atoms with Gasteiger partial charge in [0.15, 0.2) is 5.78 Å². The molecule has 116 valence electrons. The molecule has 0 bridgehead atoms. The van der Waals surface area contributed by atoms with E-state index in [1.807, 2.05) is 22.4 Å². The zero-order valence-electron chi connectivity index (χ0n) is 12.7. The lowest BCUT2D eigenvalue weighted by Crippen LogP contribution is -2.35. The van der Waals surface area contributed by atoms with Gasteiger partial charge in [-0.05, 0) is 37.4 Å². The number of rotatable bonds is 6. The van der Waals surface area contributed by atoms with Crippen molar-refractivity contribution in [2.45, 2.75) is 32.6 Å². The van der Waals surface area contributed by atoms with Crippen LogP contribution in [0.5, 0.6) is 0 Å². The van der Waals surface area contributed by atoms with Gasteiger partial charge in [0, 0.05) is 32.5 Å². The molecule has 5 heteroatoms. The van der Waals surface area contributed by atoms with Gasteiger partial charge in [-0.3, -0.25) is 9.59 Å². The number of carbonyl (C=O) groups excluding carboxylic acids is 2. The number of thiophene rings is 1. The number of amides is 1. The fraction of sp³-hybridized carbons (Fsp3) is 0.625. The number of Topliss-reactive ketones (excluding diaryl/α,β-unsaturated/α-hetero) is 1. The lowest BCUT2D eigenvalue weighted by atomic mass is 10.2. The largest absolute Gasteiger partial charge is 0.341 e. The summed E-state index contributed by atoms with van der Waals surface area (Å²) in [4.78, 5) is 29.3. The summed E-state index contributed by atoms with van der Waals surface area (Å²) in [6, 6.07) is 3.70. The minimum Gasteiger partial charge on any atom is -0.341 e. The maximum Gasteiger partial charge on any atom is 0.223 e. The molecular weight excluding hydrogens is 284 g/mol. The average molecular weight is 308 g/mol. The zero-order valence-corrected chi connectivity index (χ0v) is 13.5. The van der Waals surface area contributed by atoms with Crippen LogP contribution in [-0.4, -0.2) is 54.2 Å². The smallest absolute Gasteiger partial charge is 0.223 e. The number of nitrogens with zero attached hydrogens (tertiary/aromatic N) is 2. The third-order valence-electron chi connectivity index (χ3n) is 3.84. The molecule has 0 aliphatic carbocycles. The zero-order chi connectivity index (χ0) is 15.1. The maximum atomic E-state index is 12.2. The van der Waals surface area contributed by atoms with Crippen LogP contribution >= 0.6 is 11.3 Å². The van der Waals surface area contributed by atoms with Crippen LogP contribution in [-0.2, 0) is 4.79 Å². The number of carbonyl (C=O) groups is 2. The van der Waals surface area contributed by atoms with Crippen LogP contribution in [0.1, 0.15) is 42.3 Å². The molecule has 2 rings (SSSR count). The molecule has 21 heavy (non-hydrogen) atoms. The fourth-order valence-corrected chi connectivity index (χ4v) is 3.39. The standard InChI is InChI=1S/C16H24N2O2S/c1-2-8-17-9-4-10-18(12-11-17)16(20)7-6-14(19)15-5-3-13-21-15/h3,5,13H,2,4,6-12H2,1H3. The van der Waals surface area contributed by atoms with Crippen LogP contribution in [0.4, 0.5) is 0 Å². The van der Waals surface area contributed by atoms with Gasteiger partial charge in [-0.2, -0.15) is 0 Å². The number of hydrogen-bond acceptors (Lipinski definition) is 4. The van der Waals surface area contributed by atoms with Crippen molar-refractivity contribution in [2.75, 3.05) is 32.7 Å². The topological polar surface area (TPSA) is 40.6 Å². The molecule has 0 aromatic carbocycles. The molecule has 1 aromatic rings. The Bertz CT molecular complexity index is 459. The van der Waals surface area contributed by atoms with Crippen LogP contribution in [0.2, 0.25) is 0 Å². The lowest BCUT2D eigenvalue weighted by molar-refractivity contribution is -0.131. The van der Waals surface area contributed by atoms with Crippen LogP contribution in [0.15, 0.2) is 17.5 Å². The predicted octanol–water partition coefficient (Wildman–Crippen LogP) is 2.66. The summed E-state index contributed by atoms with van der Waals surface area (Å²) in [5, 5.41) is 1.90. The van der Waals surface area contributed by atoms with Gasteiger partial charge in [-0.15, -0.1) is 11.3 Å². The van der Waals surface area contributed by atoms with Gasteiger partial charge in [-0.1, -0.05) is 13.0 Å². The van der Waals surface area contributed by atoms with Gasteiger partial charge in [0.05, 0.1) is 4.88 Å². The Balaban J connectivity index is 1.76. The third-order valence-corrected chi connectivity index (χ3v) is 4.75. The summed E-state index contributed by atoms with van der Waals surface area (Å²) >= 11 is 1.45. The molecule has 0 radical (unpaired) electrons. The molecular formula is C16H24N2O2S. The van der Waals surface area contributed by atoms with Crippen LogP contribution in [0.25, 0.3) is 0 Å². The summed E-state index contributed by atoms with van der Waals surface area (Å²) in [7, 11) is 0. The van der Waals surface area contributed by atoms with E-state index in [9.17, 15) is 9.59 Å². The lowest BCUT2D eigenvalue weighted by Gasteiger charge is -2.21. The third kappa shape index (κ3) is 4.93. The number of ketones is 1. The van der Waals surface area contributed by atoms with E-state index in [-0.39, 0.29) is 11.7 Å². The first-order chi connectivity index (χ1) is 10.2. The van der Waals surface area contributed by atoms with E-state index in [4.69, 9.17) is 0 Å². The summed E-state index contributed by atoms with van der Waals surface area (Å²) < 4.78 is 0. The van der Waals surface area contributed by atoms with Crippen molar-refractivity contribution in [3.63, 3.8) is 0 Å². The van der Waals surface area contributed by atoms with Gasteiger partial charge in [0.1, 0.15) is 0 Å². The first-order valence-corrected chi connectivity index (χ1v) is 8.65. The highest BCUT2D eigenvalue weighted by Gasteiger charge is 2.19. The Morgan fingerprint density at radius 1 is 1.19 bits per heavy atom. The van der Waals surface area contributed by atoms with Crippen molar-refractivity contribution in [3.8, 4) is 0 Å². The molecule has 1 amide bonds. The highest BCUT2D eigenvalue weighted by Crippen LogP contribution is 2.13. The first kappa shape index (κ1) is 16.2. The summed E-state index contributed by atoms with van der Waals surface area (Å²) in [5.41, 5.74) is 0.